The highest BCUT2D eigenvalue weighted by atomic mass is 15.2. The fourth-order valence-electron chi connectivity index (χ4n) is 4.03. The van der Waals surface area contributed by atoms with Crippen molar-refractivity contribution in [3.05, 3.63) is 23.9 Å². The summed E-state index contributed by atoms with van der Waals surface area (Å²) < 4.78 is 0. The van der Waals surface area contributed by atoms with Crippen molar-refractivity contribution in [2.75, 3.05) is 18.0 Å². The van der Waals surface area contributed by atoms with Gasteiger partial charge in [-0.05, 0) is 56.7 Å². The number of aromatic nitrogens is 1. The van der Waals surface area contributed by atoms with Gasteiger partial charge in [-0.3, -0.25) is 0 Å². The van der Waals surface area contributed by atoms with Crippen LogP contribution in [-0.2, 0) is 6.54 Å². The van der Waals surface area contributed by atoms with Crippen LogP contribution in [0.15, 0.2) is 18.2 Å². The van der Waals surface area contributed by atoms with Crippen LogP contribution < -0.4 is 10.2 Å². The van der Waals surface area contributed by atoms with Crippen molar-refractivity contribution < 1.29 is 0 Å². The molecule has 3 nitrogen and oxygen atoms in total. The first-order chi connectivity index (χ1) is 10.4. The molecule has 1 saturated heterocycles. The number of anilines is 1. The van der Waals surface area contributed by atoms with Gasteiger partial charge in [0, 0.05) is 19.1 Å². The molecule has 21 heavy (non-hydrogen) atoms. The maximum atomic E-state index is 4.92. The van der Waals surface area contributed by atoms with Gasteiger partial charge in [-0.2, -0.15) is 0 Å². The van der Waals surface area contributed by atoms with E-state index in [-0.39, 0.29) is 0 Å². The first kappa shape index (κ1) is 14.8. The molecule has 1 aliphatic carbocycles. The Hall–Kier alpha value is -1.09. The molecule has 0 spiro atoms. The number of piperidine rings is 1. The molecule has 1 saturated carbocycles. The lowest BCUT2D eigenvalue weighted by Crippen LogP contribution is -2.47. The van der Waals surface area contributed by atoms with Gasteiger partial charge in [0.05, 0.1) is 5.69 Å². The summed E-state index contributed by atoms with van der Waals surface area (Å²) in [7, 11) is 0. The van der Waals surface area contributed by atoms with Crippen LogP contribution in [0.1, 0.15) is 57.6 Å². The summed E-state index contributed by atoms with van der Waals surface area (Å²) in [5.74, 6) is 2.12. The van der Waals surface area contributed by atoms with E-state index in [2.05, 4.69) is 35.3 Å². The minimum absolute atomic E-state index is 0.749. The zero-order valence-corrected chi connectivity index (χ0v) is 13.4. The van der Waals surface area contributed by atoms with Gasteiger partial charge in [0.25, 0.3) is 0 Å². The van der Waals surface area contributed by atoms with E-state index in [4.69, 9.17) is 4.98 Å². The van der Waals surface area contributed by atoms with Crippen molar-refractivity contribution in [1.29, 1.82) is 0 Å². The number of pyridine rings is 1. The van der Waals surface area contributed by atoms with Crippen LogP contribution >= 0.6 is 0 Å². The van der Waals surface area contributed by atoms with E-state index in [9.17, 15) is 0 Å². The van der Waals surface area contributed by atoms with Crippen LogP contribution in [-0.4, -0.2) is 24.1 Å². The monoisotopic (exact) mass is 287 g/mol. The number of hydrogen-bond donors (Lipinski definition) is 1. The zero-order valence-electron chi connectivity index (χ0n) is 13.4. The summed E-state index contributed by atoms with van der Waals surface area (Å²) in [4.78, 5) is 7.53. The minimum Gasteiger partial charge on any atom is -0.353 e. The normalized spacial score (nSPS) is 25.7. The van der Waals surface area contributed by atoms with Crippen LogP contribution in [0.2, 0.25) is 0 Å². The van der Waals surface area contributed by atoms with Gasteiger partial charge in [0.1, 0.15) is 5.82 Å². The largest absolute Gasteiger partial charge is 0.353 e. The number of nitrogens with one attached hydrogen (secondary N) is 1. The van der Waals surface area contributed by atoms with E-state index >= 15 is 0 Å². The Bertz CT molecular complexity index is 444. The molecule has 3 heteroatoms. The summed E-state index contributed by atoms with van der Waals surface area (Å²) >= 11 is 0. The van der Waals surface area contributed by atoms with E-state index in [1.54, 1.807) is 0 Å². The fourth-order valence-corrected chi connectivity index (χ4v) is 4.03. The number of hydrogen-bond acceptors (Lipinski definition) is 3. The third-order valence-corrected chi connectivity index (χ3v) is 5.06. The Morgan fingerprint density at radius 2 is 2.05 bits per heavy atom. The Kier molecular flexibility index (Phi) is 5.13. The van der Waals surface area contributed by atoms with Crippen LogP contribution in [0.5, 0.6) is 0 Å². The third kappa shape index (κ3) is 3.57. The molecule has 1 N–H and O–H groups in total. The average molecular weight is 287 g/mol. The van der Waals surface area contributed by atoms with Crippen LogP contribution in [0, 0.1) is 5.92 Å². The zero-order chi connectivity index (χ0) is 14.5. The molecule has 2 aliphatic rings. The van der Waals surface area contributed by atoms with Gasteiger partial charge in [0.2, 0.25) is 0 Å². The molecule has 3 rings (SSSR count). The Labute approximate surface area is 129 Å². The quantitative estimate of drug-likeness (QED) is 0.836. The fraction of sp³-hybridized carbons (Fsp3) is 0.722. The van der Waals surface area contributed by atoms with Gasteiger partial charge < -0.3 is 10.2 Å². The first-order valence-electron chi connectivity index (χ1n) is 8.82. The van der Waals surface area contributed by atoms with Crippen molar-refractivity contribution >= 4 is 5.82 Å². The molecule has 2 fully saturated rings. The number of nitrogens with zero attached hydrogens (tertiary/aromatic N) is 2. The van der Waals surface area contributed by atoms with Gasteiger partial charge >= 0.3 is 0 Å². The summed E-state index contributed by atoms with van der Waals surface area (Å²) in [6, 6.07) is 7.28. The SMILES string of the molecule is CCCNCc1cccc(N2CCC[C@H]3CCCC[C@H]32)n1. The first-order valence-corrected chi connectivity index (χ1v) is 8.82. The summed E-state index contributed by atoms with van der Waals surface area (Å²) in [6.07, 6.45) is 9.57. The summed E-state index contributed by atoms with van der Waals surface area (Å²) in [5.41, 5.74) is 1.18. The topological polar surface area (TPSA) is 28.2 Å². The van der Waals surface area contributed by atoms with Crippen LogP contribution in [0.4, 0.5) is 5.82 Å². The molecule has 1 aliphatic heterocycles. The van der Waals surface area contributed by atoms with Gasteiger partial charge in [-0.25, -0.2) is 4.98 Å². The third-order valence-electron chi connectivity index (χ3n) is 5.06. The standard InChI is InChI=1S/C18H29N3/c1-2-12-19-14-16-9-5-11-18(20-16)21-13-6-8-15-7-3-4-10-17(15)21/h5,9,11,15,17,19H,2-4,6-8,10,12-14H2,1H3/t15-,17-/m1/s1. The molecule has 0 radical (unpaired) electrons. The van der Waals surface area contributed by atoms with Crippen molar-refractivity contribution in [2.45, 2.75) is 64.5 Å². The second-order valence-corrected chi connectivity index (χ2v) is 6.61. The molecule has 1 aromatic rings. The molecule has 1 aromatic heterocycles. The lowest BCUT2D eigenvalue weighted by Gasteiger charge is -2.44. The maximum Gasteiger partial charge on any atom is 0.129 e. The summed E-state index contributed by atoms with van der Waals surface area (Å²) in [6.45, 7) is 5.36. The number of fused-ring (bicyclic) bond motifs is 1. The molecule has 2 atom stereocenters. The lowest BCUT2D eigenvalue weighted by atomic mass is 9.78. The van der Waals surface area contributed by atoms with E-state index < -0.39 is 0 Å². The maximum absolute atomic E-state index is 4.92. The predicted octanol–water partition coefficient (Wildman–Crippen LogP) is 3.74. The summed E-state index contributed by atoms with van der Waals surface area (Å²) in [5, 5.41) is 3.46. The molecule has 116 valence electrons. The molecular formula is C18H29N3. The van der Waals surface area contributed by atoms with Gasteiger partial charge in [-0.15, -0.1) is 0 Å². The molecule has 0 aromatic carbocycles. The smallest absolute Gasteiger partial charge is 0.129 e. The van der Waals surface area contributed by atoms with Gasteiger partial charge in [-0.1, -0.05) is 25.8 Å². The predicted molar refractivity (Wildman–Crippen MR) is 88.6 cm³/mol. The van der Waals surface area contributed by atoms with E-state index in [1.807, 2.05) is 0 Å². The molecule has 0 unspecified atom stereocenters. The highest BCUT2D eigenvalue weighted by molar-refractivity contribution is 5.41. The second kappa shape index (κ2) is 7.26. The molecule has 2 heterocycles. The van der Waals surface area contributed by atoms with E-state index in [1.165, 1.54) is 63.0 Å². The molecular weight excluding hydrogens is 258 g/mol. The van der Waals surface area contributed by atoms with Crippen LogP contribution in [0.25, 0.3) is 0 Å². The minimum atomic E-state index is 0.749. The Morgan fingerprint density at radius 1 is 1.19 bits per heavy atom. The van der Waals surface area contributed by atoms with Crippen LogP contribution in [0.3, 0.4) is 0 Å². The molecule has 0 bridgehead atoms. The average Bonchev–Trinajstić information content (AvgIpc) is 2.55. The van der Waals surface area contributed by atoms with Crippen molar-refractivity contribution in [2.24, 2.45) is 5.92 Å². The van der Waals surface area contributed by atoms with E-state index in [0.29, 0.717) is 0 Å². The van der Waals surface area contributed by atoms with Crippen molar-refractivity contribution in [3.63, 3.8) is 0 Å². The second-order valence-electron chi connectivity index (χ2n) is 6.61. The van der Waals surface area contributed by atoms with E-state index in [0.717, 1.165) is 25.0 Å². The van der Waals surface area contributed by atoms with Crippen molar-refractivity contribution in [3.8, 4) is 0 Å². The molecule has 0 amide bonds. The highest BCUT2D eigenvalue weighted by Gasteiger charge is 2.33. The number of rotatable bonds is 5. The lowest BCUT2D eigenvalue weighted by molar-refractivity contribution is 0.242. The Balaban J connectivity index is 1.71. The Morgan fingerprint density at radius 3 is 2.95 bits per heavy atom. The van der Waals surface area contributed by atoms with Crippen molar-refractivity contribution in [1.82, 2.24) is 10.3 Å². The highest BCUT2D eigenvalue weighted by Crippen LogP contribution is 2.37. The van der Waals surface area contributed by atoms with Gasteiger partial charge in [0.15, 0.2) is 0 Å².